The molecule has 13 heavy (non-hydrogen) atoms. The predicted octanol–water partition coefficient (Wildman–Crippen LogP) is 1.39. The number of nitrogens with two attached hydrogens (primary N) is 1. The molecule has 1 unspecified atom stereocenters. The number of primary amides is 1. The van der Waals surface area contributed by atoms with Gasteiger partial charge in [-0.25, -0.2) is 10.2 Å². The van der Waals surface area contributed by atoms with Crippen LogP contribution in [-0.2, 0) is 0 Å². The minimum absolute atomic E-state index is 0.611. The van der Waals surface area contributed by atoms with E-state index in [4.69, 9.17) is 5.73 Å². The lowest BCUT2D eigenvalue weighted by molar-refractivity contribution is 0.249. The quantitative estimate of drug-likeness (QED) is 0.385. The van der Waals surface area contributed by atoms with E-state index < -0.39 is 6.03 Å². The fourth-order valence-electron chi connectivity index (χ4n) is 1.38. The van der Waals surface area contributed by atoms with Crippen molar-refractivity contribution in [2.75, 3.05) is 0 Å². The molecule has 0 heterocycles. The first-order chi connectivity index (χ1) is 6.29. The lowest BCUT2D eigenvalue weighted by Gasteiger charge is -2.14. The fraction of sp³-hybridized carbons (Fsp3) is 0.556. The SMILES string of the molecule is NC(=O)N/N=C/CC1CC=CCC1. The van der Waals surface area contributed by atoms with Gasteiger partial charge < -0.3 is 5.73 Å². The number of carbonyl (C=O) groups excluding carboxylic acids is 1. The van der Waals surface area contributed by atoms with Gasteiger partial charge in [0.05, 0.1) is 0 Å². The normalized spacial score (nSPS) is 22.0. The van der Waals surface area contributed by atoms with Gasteiger partial charge in [0.1, 0.15) is 0 Å². The molecule has 0 aliphatic heterocycles. The summed E-state index contributed by atoms with van der Waals surface area (Å²) in [4.78, 5) is 10.2. The van der Waals surface area contributed by atoms with Crippen LogP contribution in [0.2, 0.25) is 0 Å². The Hall–Kier alpha value is -1.32. The summed E-state index contributed by atoms with van der Waals surface area (Å²) in [7, 11) is 0. The number of hydrogen-bond acceptors (Lipinski definition) is 2. The maximum absolute atomic E-state index is 10.2. The molecule has 1 atom stereocenters. The average molecular weight is 181 g/mol. The van der Waals surface area contributed by atoms with Crippen LogP contribution in [0.5, 0.6) is 0 Å². The van der Waals surface area contributed by atoms with E-state index >= 15 is 0 Å². The molecule has 0 bridgehead atoms. The van der Waals surface area contributed by atoms with Crippen LogP contribution in [0.3, 0.4) is 0 Å². The van der Waals surface area contributed by atoms with E-state index in [0.717, 1.165) is 19.3 Å². The van der Waals surface area contributed by atoms with Crippen molar-refractivity contribution in [1.82, 2.24) is 5.43 Å². The van der Waals surface area contributed by atoms with Gasteiger partial charge in [-0.05, 0) is 31.6 Å². The van der Waals surface area contributed by atoms with Crippen molar-refractivity contribution in [3.05, 3.63) is 12.2 Å². The maximum atomic E-state index is 10.2. The summed E-state index contributed by atoms with van der Waals surface area (Å²) in [5, 5.41) is 3.69. The number of urea groups is 1. The molecular formula is C9H15N3O. The summed E-state index contributed by atoms with van der Waals surface area (Å²) >= 11 is 0. The first kappa shape index (κ1) is 9.77. The third kappa shape index (κ3) is 4.30. The Morgan fingerprint density at radius 3 is 3.15 bits per heavy atom. The van der Waals surface area contributed by atoms with Crippen molar-refractivity contribution in [1.29, 1.82) is 0 Å². The van der Waals surface area contributed by atoms with Crippen LogP contribution in [0.15, 0.2) is 17.3 Å². The van der Waals surface area contributed by atoms with Gasteiger partial charge in [0, 0.05) is 6.21 Å². The molecule has 0 radical (unpaired) electrons. The number of rotatable bonds is 3. The largest absolute Gasteiger partial charge is 0.350 e. The van der Waals surface area contributed by atoms with Crippen molar-refractivity contribution in [2.45, 2.75) is 25.7 Å². The second-order valence-electron chi connectivity index (χ2n) is 3.17. The van der Waals surface area contributed by atoms with Crippen molar-refractivity contribution < 1.29 is 4.79 Å². The standard InChI is InChI=1S/C9H15N3O/c10-9(13)12-11-7-6-8-4-2-1-3-5-8/h1-2,7-8H,3-6H2,(H3,10,12,13)/b11-7+. The monoisotopic (exact) mass is 181 g/mol. The maximum Gasteiger partial charge on any atom is 0.332 e. The first-order valence-electron chi connectivity index (χ1n) is 4.51. The summed E-state index contributed by atoms with van der Waals surface area (Å²) in [6.07, 6.45) is 10.5. The Morgan fingerprint density at radius 2 is 2.54 bits per heavy atom. The molecule has 1 rings (SSSR count). The van der Waals surface area contributed by atoms with Crippen LogP contribution in [-0.4, -0.2) is 12.2 Å². The van der Waals surface area contributed by atoms with Crippen LogP contribution in [0.25, 0.3) is 0 Å². The second-order valence-corrected chi connectivity index (χ2v) is 3.17. The van der Waals surface area contributed by atoms with E-state index in [-0.39, 0.29) is 0 Å². The molecule has 0 saturated carbocycles. The Kier molecular flexibility index (Phi) is 4.02. The number of hydrogen-bond donors (Lipinski definition) is 2. The lowest BCUT2D eigenvalue weighted by atomic mass is 9.92. The van der Waals surface area contributed by atoms with Gasteiger partial charge in [0.15, 0.2) is 0 Å². The zero-order chi connectivity index (χ0) is 9.52. The summed E-state index contributed by atoms with van der Waals surface area (Å²) < 4.78 is 0. The van der Waals surface area contributed by atoms with Gasteiger partial charge in [-0.2, -0.15) is 5.10 Å². The number of nitrogens with one attached hydrogen (secondary N) is 1. The Morgan fingerprint density at radius 1 is 1.69 bits per heavy atom. The zero-order valence-corrected chi connectivity index (χ0v) is 7.57. The van der Waals surface area contributed by atoms with E-state index in [0.29, 0.717) is 5.92 Å². The molecule has 4 heteroatoms. The van der Waals surface area contributed by atoms with Gasteiger partial charge in [-0.15, -0.1) is 0 Å². The molecule has 0 saturated heterocycles. The van der Waals surface area contributed by atoms with E-state index in [1.165, 1.54) is 6.42 Å². The molecule has 72 valence electrons. The van der Waals surface area contributed by atoms with Crippen LogP contribution < -0.4 is 11.2 Å². The smallest absolute Gasteiger partial charge is 0.332 e. The van der Waals surface area contributed by atoms with Gasteiger partial charge in [0.25, 0.3) is 0 Å². The summed E-state index contributed by atoms with van der Waals surface area (Å²) in [5.74, 6) is 0.670. The van der Waals surface area contributed by atoms with E-state index in [1.54, 1.807) is 6.21 Å². The summed E-state index contributed by atoms with van der Waals surface area (Å²) in [5.41, 5.74) is 7.01. The molecule has 1 aliphatic carbocycles. The lowest BCUT2D eigenvalue weighted by Crippen LogP contribution is -2.24. The number of hydrazone groups is 1. The van der Waals surface area contributed by atoms with E-state index in [2.05, 4.69) is 22.7 Å². The van der Waals surface area contributed by atoms with Crippen molar-refractivity contribution in [3.8, 4) is 0 Å². The third-order valence-corrected chi connectivity index (χ3v) is 2.08. The highest BCUT2D eigenvalue weighted by molar-refractivity contribution is 5.72. The second kappa shape index (κ2) is 5.35. The van der Waals surface area contributed by atoms with Gasteiger partial charge in [-0.1, -0.05) is 12.2 Å². The highest BCUT2D eigenvalue weighted by Gasteiger charge is 2.07. The molecule has 1 aliphatic rings. The molecule has 4 nitrogen and oxygen atoms in total. The number of allylic oxidation sites excluding steroid dienone is 2. The number of carbonyl (C=O) groups is 1. The predicted molar refractivity (Wildman–Crippen MR) is 52.3 cm³/mol. The Balaban J connectivity index is 2.14. The minimum Gasteiger partial charge on any atom is -0.350 e. The molecule has 0 aromatic carbocycles. The minimum atomic E-state index is -0.611. The number of nitrogens with zero attached hydrogens (tertiary/aromatic N) is 1. The topological polar surface area (TPSA) is 67.5 Å². The van der Waals surface area contributed by atoms with Crippen molar-refractivity contribution in [2.24, 2.45) is 16.8 Å². The van der Waals surface area contributed by atoms with Crippen LogP contribution in [0, 0.1) is 5.92 Å². The molecule has 0 aromatic rings. The molecule has 3 N–H and O–H groups in total. The van der Waals surface area contributed by atoms with E-state index in [1.807, 2.05) is 0 Å². The van der Waals surface area contributed by atoms with Gasteiger partial charge in [0.2, 0.25) is 0 Å². The molecule has 0 spiro atoms. The first-order valence-corrected chi connectivity index (χ1v) is 4.51. The fourth-order valence-corrected chi connectivity index (χ4v) is 1.38. The summed E-state index contributed by atoms with van der Waals surface area (Å²) in [6.45, 7) is 0. The molecule has 0 fully saturated rings. The average Bonchev–Trinajstić information content (AvgIpc) is 2.14. The van der Waals surface area contributed by atoms with Crippen LogP contribution >= 0.6 is 0 Å². The zero-order valence-electron chi connectivity index (χ0n) is 7.57. The Labute approximate surface area is 77.9 Å². The third-order valence-electron chi connectivity index (χ3n) is 2.08. The number of amides is 2. The summed E-state index contributed by atoms with van der Waals surface area (Å²) in [6, 6.07) is -0.611. The van der Waals surface area contributed by atoms with E-state index in [9.17, 15) is 4.79 Å². The van der Waals surface area contributed by atoms with Crippen LogP contribution in [0.4, 0.5) is 4.79 Å². The van der Waals surface area contributed by atoms with Gasteiger partial charge in [-0.3, -0.25) is 0 Å². The highest BCUT2D eigenvalue weighted by atomic mass is 16.2. The Bertz CT molecular complexity index is 223. The molecule has 0 aromatic heterocycles. The molecular weight excluding hydrogens is 166 g/mol. The highest BCUT2D eigenvalue weighted by Crippen LogP contribution is 2.19. The van der Waals surface area contributed by atoms with Crippen molar-refractivity contribution in [3.63, 3.8) is 0 Å². The van der Waals surface area contributed by atoms with Crippen molar-refractivity contribution >= 4 is 12.2 Å². The van der Waals surface area contributed by atoms with Gasteiger partial charge >= 0.3 is 6.03 Å². The molecule has 2 amide bonds. The van der Waals surface area contributed by atoms with Crippen LogP contribution in [0.1, 0.15) is 25.7 Å².